The smallest absolute Gasteiger partial charge is 0.141 e. The third-order valence-corrected chi connectivity index (χ3v) is 1.16. The molecule has 0 atom stereocenters. The van der Waals surface area contributed by atoms with Gasteiger partial charge in [-0.05, 0) is 11.2 Å². The molecule has 0 amide bonds. The highest BCUT2D eigenvalue weighted by Crippen LogP contribution is 1.94. The second-order valence-corrected chi connectivity index (χ2v) is 2.02. The summed E-state index contributed by atoms with van der Waals surface area (Å²) < 4.78 is 4.89. The SMILES string of the molecule is [B]c1ccc(COC)cn1. The zero-order valence-corrected chi connectivity index (χ0v) is 5.87. The van der Waals surface area contributed by atoms with Gasteiger partial charge in [0.15, 0.2) is 0 Å². The lowest BCUT2D eigenvalue weighted by Crippen LogP contribution is -2.06. The van der Waals surface area contributed by atoms with E-state index in [-0.39, 0.29) is 0 Å². The molecular weight excluding hydrogens is 125 g/mol. The van der Waals surface area contributed by atoms with E-state index < -0.39 is 0 Å². The summed E-state index contributed by atoms with van der Waals surface area (Å²) >= 11 is 0. The van der Waals surface area contributed by atoms with Crippen molar-refractivity contribution in [1.82, 2.24) is 4.98 Å². The van der Waals surface area contributed by atoms with Crippen LogP contribution in [0.4, 0.5) is 0 Å². The zero-order valence-electron chi connectivity index (χ0n) is 5.87. The van der Waals surface area contributed by atoms with Gasteiger partial charge >= 0.3 is 0 Å². The minimum Gasteiger partial charge on any atom is -0.380 e. The fourth-order valence-corrected chi connectivity index (χ4v) is 0.688. The molecule has 2 radical (unpaired) electrons. The number of ether oxygens (including phenoxy) is 1. The lowest BCUT2D eigenvalue weighted by Gasteiger charge is -1.97. The van der Waals surface area contributed by atoms with E-state index in [0.29, 0.717) is 12.2 Å². The van der Waals surface area contributed by atoms with Gasteiger partial charge in [0.05, 0.1) is 6.61 Å². The van der Waals surface area contributed by atoms with Gasteiger partial charge in [-0.2, -0.15) is 0 Å². The minimum atomic E-state index is 0.542. The first-order valence-corrected chi connectivity index (χ1v) is 3.02. The van der Waals surface area contributed by atoms with Gasteiger partial charge < -0.3 is 4.74 Å². The second kappa shape index (κ2) is 3.37. The van der Waals surface area contributed by atoms with E-state index in [1.807, 2.05) is 6.07 Å². The molecule has 1 aromatic rings. The van der Waals surface area contributed by atoms with Crippen molar-refractivity contribution in [2.45, 2.75) is 6.61 Å². The molecule has 1 aromatic heterocycles. The van der Waals surface area contributed by atoms with Gasteiger partial charge in [-0.3, -0.25) is 4.98 Å². The van der Waals surface area contributed by atoms with Crippen LogP contribution in [0, 0.1) is 0 Å². The van der Waals surface area contributed by atoms with Crippen molar-refractivity contribution in [2.75, 3.05) is 7.11 Å². The van der Waals surface area contributed by atoms with Gasteiger partial charge in [-0.15, -0.1) is 0 Å². The summed E-state index contributed by atoms with van der Waals surface area (Å²) in [4.78, 5) is 3.90. The van der Waals surface area contributed by atoms with Crippen molar-refractivity contribution in [3.8, 4) is 0 Å². The summed E-state index contributed by atoms with van der Waals surface area (Å²) in [6.45, 7) is 0.591. The maximum absolute atomic E-state index is 5.37. The van der Waals surface area contributed by atoms with Crippen LogP contribution in [0.2, 0.25) is 0 Å². The zero-order chi connectivity index (χ0) is 7.40. The predicted octanol–water partition coefficient (Wildman–Crippen LogP) is 0.0218. The predicted molar refractivity (Wildman–Crippen MR) is 40.3 cm³/mol. The van der Waals surface area contributed by atoms with Crippen LogP contribution in [0.15, 0.2) is 18.3 Å². The summed E-state index contributed by atoms with van der Waals surface area (Å²) in [5, 5.41) is 0. The van der Waals surface area contributed by atoms with Gasteiger partial charge in [0.2, 0.25) is 0 Å². The van der Waals surface area contributed by atoms with E-state index in [1.165, 1.54) is 0 Å². The second-order valence-electron chi connectivity index (χ2n) is 2.02. The first kappa shape index (κ1) is 7.28. The van der Waals surface area contributed by atoms with Crippen molar-refractivity contribution in [3.63, 3.8) is 0 Å². The summed E-state index contributed by atoms with van der Waals surface area (Å²) in [6.07, 6.45) is 1.71. The molecule has 0 aliphatic carbocycles. The molecule has 0 saturated carbocycles. The summed E-state index contributed by atoms with van der Waals surface area (Å²) in [7, 11) is 7.02. The molecule has 0 saturated heterocycles. The maximum atomic E-state index is 5.37. The molecule has 0 bridgehead atoms. The quantitative estimate of drug-likeness (QED) is 0.530. The third-order valence-electron chi connectivity index (χ3n) is 1.16. The van der Waals surface area contributed by atoms with E-state index >= 15 is 0 Å². The van der Waals surface area contributed by atoms with Gasteiger partial charge in [-0.25, -0.2) is 0 Å². The van der Waals surface area contributed by atoms with Gasteiger partial charge in [-0.1, -0.05) is 12.1 Å². The maximum Gasteiger partial charge on any atom is 0.141 e. The molecule has 2 nitrogen and oxygen atoms in total. The van der Waals surface area contributed by atoms with Crippen LogP contribution < -0.4 is 5.59 Å². The molecule has 0 aliphatic heterocycles. The first-order chi connectivity index (χ1) is 4.83. The van der Waals surface area contributed by atoms with Crippen molar-refractivity contribution >= 4 is 13.4 Å². The number of pyridine rings is 1. The molecule has 1 heterocycles. The molecule has 3 heteroatoms. The van der Waals surface area contributed by atoms with Crippen LogP contribution in [0.25, 0.3) is 0 Å². The third kappa shape index (κ3) is 1.85. The molecular formula is C7H8BNO. The number of aromatic nitrogens is 1. The molecule has 0 aromatic carbocycles. The standard InChI is InChI=1S/C7H8BNO/c1-10-5-6-2-3-7(8)9-4-6/h2-4H,5H2,1H3. The molecule has 10 heavy (non-hydrogen) atoms. The number of hydrogen-bond donors (Lipinski definition) is 0. The van der Waals surface area contributed by atoms with Crippen LogP contribution in [-0.2, 0) is 11.3 Å². The van der Waals surface area contributed by atoms with Crippen LogP contribution in [0.1, 0.15) is 5.56 Å². The van der Waals surface area contributed by atoms with Crippen LogP contribution in [0.3, 0.4) is 0 Å². The average molecular weight is 133 g/mol. The minimum absolute atomic E-state index is 0.542. The van der Waals surface area contributed by atoms with Crippen molar-refractivity contribution in [3.05, 3.63) is 23.9 Å². The Hall–Kier alpha value is -0.825. The lowest BCUT2D eigenvalue weighted by molar-refractivity contribution is 0.184. The highest BCUT2D eigenvalue weighted by Gasteiger charge is 1.89. The van der Waals surface area contributed by atoms with Gasteiger partial charge in [0.1, 0.15) is 7.85 Å². The van der Waals surface area contributed by atoms with E-state index in [1.54, 1.807) is 19.4 Å². The molecule has 0 aliphatic rings. The van der Waals surface area contributed by atoms with Crippen LogP contribution >= 0.6 is 0 Å². The summed E-state index contributed by atoms with van der Waals surface area (Å²) in [6, 6.07) is 3.65. The lowest BCUT2D eigenvalue weighted by atomic mass is 10.0. The number of rotatable bonds is 2. The molecule has 0 N–H and O–H groups in total. The Labute approximate surface area is 61.6 Å². The Morgan fingerprint density at radius 3 is 2.90 bits per heavy atom. The monoisotopic (exact) mass is 133 g/mol. The van der Waals surface area contributed by atoms with Crippen molar-refractivity contribution in [1.29, 1.82) is 0 Å². The number of hydrogen-bond acceptors (Lipinski definition) is 2. The Morgan fingerprint density at radius 1 is 1.60 bits per heavy atom. The Bertz CT molecular complexity index is 197. The highest BCUT2D eigenvalue weighted by atomic mass is 16.5. The Kier molecular flexibility index (Phi) is 2.45. The number of nitrogens with zero attached hydrogens (tertiary/aromatic N) is 1. The molecule has 0 spiro atoms. The molecule has 50 valence electrons. The first-order valence-electron chi connectivity index (χ1n) is 3.02. The van der Waals surface area contributed by atoms with E-state index in [2.05, 4.69) is 4.98 Å². The van der Waals surface area contributed by atoms with Gasteiger partial charge in [0.25, 0.3) is 0 Å². The fraction of sp³-hybridized carbons (Fsp3) is 0.286. The summed E-state index contributed by atoms with van der Waals surface area (Å²) in [5.74, 6) is 0. The highest BCUT2D eigenvalue weighted by molar-refractivity contribution is 6.30. The Balaban J connectivity index is 2.69. The van der Waals surface area contributed by atoms with E-state index in [9.17, 15) is 0 Å². The topological polar surface area (TPSA) is 22.1 Å². The molecule has 1 rings (SSSR count). The molecule has 0 fully saturated rings. The van der Waals surface area contributed by atoms with Crippen LogP contribution in [-0.4, -0.2) is 19.9 Å². The van der Waals surface area contributed by atoms with E-state index in [0.717, 1.165) is 5.56 Å². The number of methoxy groups -OCH3 is 1. The fourth-order valence-electron chi connectivity index (χ4n) is 0.688. The van der Waals surface area contributed by atoms with E-state index in [4.69, 9.17) is 12.6 Å². The largest absolute Gasteiger partial charge is 0.380 e. The molecule has 0 unspecified atom stereocenters. The normalized spacial score (nSPS) is 9.70. The van der Waals surface area contributed by atoms with Crippen LogP contribution in [0.5, 0.6) is 0 Å². The summed E-state index contributed by atoms with van der Waals surface area (Å²) in [5.41, 5.74) is 1.58. The van der Waals surface area contributed by atoms with Gasteiger partial charge in [0, 0.05) is 13.3 Å². The van der Waals surface area contributed by atoms with Crippen molar-refractivity contribution < 1.29 is 4.74 Å². The average Bonchev–Trinajstić information content (AvgIpc) is 1.95. The van der Waals surface area contributed by atoms with Crippen molar-refractivity contribution in [2.24, 2.45) is 0 Å². The Morgan fingerprint density at radius 2 is 2.40 bits per heavy atom.